The minimum absolute atomic E-state index is 0.0975. The third-order valence-corrected chi connectivity index (χ3v) is 4.00. The van der Waals surface area contributed by atoms with Gasteiger partial charge in [0.25, 0.3) is 5.56 Å². The van der Waals surface area contributed by atoms with Crippen LogP contribution >= 0.6 is 0 Å². The Morgan fingerprint density at radius 2 is 1.84 bits per heavy atom. The summed E-state index contributed by atoms with van der Waals surface area (Å²) in [5, 5.41) is 1.39. The molecule has 0 spiro atoms. The zero-order valence-corrected chi connectivity index (χ0v) is 13.9. The van der Waals surface area contributed by atoms with Crippen molar-refractivity contribution in [2.45, 2.75) is 19.9 Å². The predicted molar refractivity (Wildman–Crippen MR) is 94.9 cm³/mol. The van der Waals surface area contributed by atoms with E-state index in [0.29, 0.717) is 23.3 Å². The van der Waals surface area contributed by atoms with Gasteiger partial charge in [0.15, 0.2) is 0 Å². The summed E-state index contributed by atoms with van der Waals surface area (Å²) < 4.78 is 19.7. The number of hydrogen-bond donors (Lipinski definition) is 0. The number of carbonyl (C=O) groups excluding carboxylic acids is 1. The molecule has 0 amide bonds. The van der Waals surface area contributed by atoms with E-state index >= 15 is 0 Å². The Kier molecular flexibility index (Phi) is 4.93. The number of carbonyl (C=O) groups is 1. The molecular weight excluding hydrogens is 321 g/mol. The molecule has 0 fully saturated rings. The Labute approximate surface area is 144 Å². The summed E-state index contributed by atoms with van der Waals surface area (Å²) >= 11 is 0. The number of fused-ring (bicyclic) bond motifs is 1. The van der Waals surface area contributed by atoms with E-state index in [2.05, 4.69) is 0 Å². The normalized spacial score (nSPS) is 10.8. The van der Waals surface area contributed by atoms with Gasteiger partial charge in [-0.15, -0.1) is 0 Å². The summed E-state index contributed by atoms with van der Waals surface area (Å²) in [6.45, 7) is 2.25. The van der Waals surface area contributed by atoms with Crippen LogP contribution in [0.15, 0.2) is 59.4 Å². The Morgan fingerprint density at radius 3 is 2.56 bits per heavy atom. The van der Waals surface area contributed by atoms with Crippen LogP contribution in [-0.2, 0) is 16.1 Å². The molecule has 0 radical (unpaired) electrons. The molecule has 0 saturated heterocycles. The first-order chi connectivity index (χ1) is 12.1. The lowest BCUT2D eigenvalue weighted by atomic mass is 10.1. The number of ether oxygens (including phenoxy) is 1. The van der Waals surface area contributed by atoms with Gasteiger partial charge >= 0.3 is 5.97 Å². The van der Waals surface area contributed by atoms with Crippen molar-refractivity contribution in [3.05, 3.63) is 70.8 Å². The minimum Gasteiger partial charge on any atom is -0.466 e. The molecule has 0 bridgehead atoms. The van der Waals surface area contributed by atoms with Crippen LogP contribution in [-0.4, -0.2) is 17.1 Å². The summed E-state index contributed by atoms with van der Waals surface area (Å²) in [6, 6.07) is 15.1. The maximum atomic E-state index is 13.2. The quantitative estimate of drug-likeness (QED) is 0.665. The molecule has 0 aliphatic carbocycles. The molecule has 3 aromatic rings. The Morgan fingerprint density at radius 1 is 1.12 bits per heavy atom. The first-order valence-corrected chi connectivity index (χ1v) is 8.14. The number of hydrogen-bond acceptors (Lipinski definition) is 3. The van der Waals surface area contributed by atoms with E-state index in [1.807, 2.05) is 18.2 Å². The van der Waals surface area contributed by atoms with E-state index in [9.17, 15) is 14.0 Å². The maximum Gasteiger partial charge on any atom is 0.307 e. The number of aromatic nitrogens is 1. The molecular formula is C20H18FNO3. The van der Waals surface area contributed by atoms with Crippen molar-refractivity contribution in [2.24, 2.45) is 0 Å². The molecule has 2 aromatic carbocycles. The smallest absolute Gasteiger partial charge is 0.307 e. The number of nitrogens with zero attached hydrogens (tertiary/aromatic N) is 1. The SMILES string of the molecule is CCOC(=O)CCn1c(-c2ccc(F)cc2)cc2ccccc2c1=O. The first kappa shape index (κ1) is 16.9. The number of pyridine rings is 1. The second-order valence-electron chi connectivity index (χ2n) is 5.64. The van der Waals surface area contributed by atoms with Crippen LogP contribution in [0, 0.1) is 5.82 Å². The number of halogens is 1. The van der Waals surface area contributed by atoms with Gasteiger partial charge in [0.2, 0.25) is 0 Å². The van der Waals surface area contributed by atoms with Gasteiger partial charge in [0, 0.05) is 11.9 Å². The number of esters is 1. The Bertz CT molecular complexity index is 961. The van der Waals surface area contributed by atoms with Crippen molar-refractivity contribution in [1.29, 1.82) is 0 Å². The van der Waals surface area contributed by atoms with E-state index in [0.717, 1.165) is 5.39 Å². The van der Waals surface area contributed by atoms with Crippen molar-refractivity contribution >= 4 is 16.7 Å². The highest BCUT2D eigenvalue weighted by Crippen LogP contribution is 2.23. The van der Waals surface area contributed by atoms with Crippen molar-refractivity contribution in [3.8, 4) is 11.3 Å². The van der Waals surface area contributed by atoms with Crippen LogP contribution in [0.5, 0.6) is 0 Å². The van der Waals surface area contributed by atoms with Crippen LogP contribution in [0.1, 0.15) is 13.3 Å². The van der Waals surface area contributed by atoms with Gasteiger partial charge in [0.05, 0.1) is 18.7 Å². The second kappa shape index (κ2) is 7.30. The van der Waals surface area contributed by atoms with Gasteiger partial charge in [-0.1, -0.05) is 18.2 Å². The Hall–Kier alpha value is -2.95. The van der Waals surface area contributed by atoms with Crippen molar-refractivity contribution < 1.29 is 13.9 Å². The van der Waals surface area contributed by atoms with Gasteiger partial charge in [-0.25, -0.2) is 4.39 Å². The van der Waals surface area contributed by atoms with Crippen LogP contribution in [0.3, 0.4) is 0 Å². The number of benzene rings is 2. The first-order valence-electron chi connectivity index (χ1n) is 8.14. The molecule has 0 N–H and O–H groups in total. The van der Waals surface area contributed by atoms with E-state index in [-0.39, 0.29) is 30.3 Å². The zero-order valence-electron chi connectivity index (χ0n) is 13.9. The summed E-state index contributed by atoms with van der Waals surface area (Å²) in [4.78, 5) is 24.6. The molecule has 4 nitrogen and oxygen atoms in total. The van der Waals surface area contributed by atoms with Crippen molar-refractivity contribution in [3.63, 3.8) is 0 Å². The summed E-state index contributed by atoms with van der Waals surface area (Å²) in [5.41, 5.74) is 1.18. The van der Waals surface area contributed by atoms with E-state index < -0.39 is 0 Å². The minimum atomic E-state index is -0.354. The fourth-order valence-corrected chi connectivity index (χ4v) is 2.82. The van der Waals surface area contributed by atoms with Crippen LogP contribution in [0.2, 0.25) is 0 Å². The predicted octanol–water partition coefficient (Wildman–Crippen LogP) is 3.76. The van der Waals surface area contributed by atoms with Gasteiger partial charge in [0.1, 0.15) is 5.82 Å². The molecule has 0 atom stereocenters. The molecule has 0 saturated carbocycles. The summed E-state index contributed by atoms with van der Waals surface area (Å²) in [6.07, 6.45) is 0.0975. The largest absolute Gasteiger partial charge is 0.466 e. The molecule has 25 heavy (non-hydrogen) atoms. The molecule has 0 unspecified atom stereocenters. The fraction of sp³-hybridized carbons (Fsp3) is 0.200. The molecule has 0 aliphatic rings. The van der Waals surface area contributed by atoms with Crippen LogP contribution in [0.4, 0.5) is 4.39 Å². The highest BCUT2D eigenvalue weighted by atomic mass is 19.1. The molecule has 0 aliphatic heterocycles. The number of rotatable bonds is 5. The highest BCUT2D eigenvalue weighted by Gasteiger charge is 2.13. The summed E-state index contributed by atoms with van der Waals surface area (Å²) in [7, 11) is 0. The third kappa shape index (κ3) is 3.60. The van der Waals surface area contributed by atoms with Gasteiger partial charge in [-0.05, 0) is 54.3 Å². The molecule has 3 rings (SSSR count). The van der Waals surface area contributed by atoms with E-state index in [1.54, 1.807) is 35.8 Å². The van der Waals surface area contributed by atoms with E-state index in [4.69, 9.17) is 4.74 Å². The van der Waals surface area contributed by atoms with Crippen molar-refractivity contribution in [2.75, 3.05) is 6.61 Å². The van der Waals surface area contributed by atoms with Crippen molar-refractivity contribution in [1.82, 2.24) is 4.57 Å². The molecule has 128 valence electrons. The lowest BCUT2D eigenvalue weighted by Crippen LogP contribution is -2.24. The van der Waals surface area contributed by atoms with Crippen LogP contribution in [0.25, 0.3) is 22.0 Å². The Balaban J connectivity index is 2.12. The highest BCUT2D eigenvalue weighted by molar-refractivity contribution is 5.85. The third-order valence-electron chi connectivity index (χ3n) is 4.00. The lowest BCUT2D eigenvalue weighted by Gasteiger charge is -2.14. The van der Waals surface area contributed by atoms with Gasteiger partial charge in [-0.3, -0.25) is 9.59 Å². The van der Waals surface area contributed by atoms with E-state index in [1.165, 1.54) is 12.1 Å². The van der Waals surface area contributed by atoms with Gasteiger partial charge in [-0.2, -0.15) is 0 Å². The topological polar surface area (TPSA) is 48.3 Å². The lowest BCUT2D eigenvalue weighted by molar-refractivity contribution is -0.143. The zero-order chi connectivity index (χ0) is 17.8. The maximum absolute atomic E-state index is 13.2. The monoisotopic (exact) mass is 339 g/mol. The molecule has 1 aromatic heterocycles. The molecule has 5 heteroatoms. The molecule has 1 heterocycles. The average molecular weight is 339 g/mol. The summed E-state index contributed by atoms with van der Waals surface area (Å²) in [5.74, 6) is -0.697. The standard InChI is InChI=1S/C20H18FNO3/c1-2-25-19(23)11-12-22-18(14-7-9-16(21)10-8-14)13-15-5-3-4-6-17(15)20(22)24/h3-10,13H,2,11-12H2,1H3. The van der Waals surface area contributed by atoms with Crippen LogP contribution < -0.4 is 5.56 Å². The fourth-order valence-electron chi connectivity index (χ4n) is 2.82. The second-order valence-corrected chi connectivity index (χ2v) is 5.64. The average Bonchev–Trinajstić information content (AvgIpc) is 2.62. The van der Waals surface area contributed by atoms with Gasteiger partial charge < -0.3 is 9.30 Å².